The van der Waals surface area contributed by atoms with Crippen molar-refractivity contribution in [3.63, 3.8) is 0 Å². The highest BCUT2D eigenvalue weighted by Crippen LogP contribution is 2.24. The summed E-state index contributed by atoms with van der Waals surface area (Å²) in [5.41, 5.74) is 1.84. The number of carbonyl (C=O) groups excluding carboxylic acids is 1. The fraction of sp³-hybridized carbons (Fsp3) is 0.385. The van der Waals surface area contributed by atoms with E-state index < -0.39 is 0 Å². The standard InChI is InChI=1S/C13H13NO/c14-9-11-6-4-10(5-7-11)8-12-2-1-3-13(12)15/h4-7,12H,1-3,8H2. The number of benzene rings is 1. The van der Waals surface area contributed by atoms with E-state index in [1.54, 1.807) is 0 Å². The van der Waals surface area contributed by atoms with Crippen molar-refractivity contribution >= 4 is 5.78 Å². The molecule has 0 aliphatic heterocycles. The van der Waals surface area contributed by atoms with E-state index in [-0.39, 0.29) is 5.92 Å². The molecule has 1 aliphatic carbocycles. The van der Waals surface area contributed by atoms with E-state index in [1.807, 2.05) is 24.3 Å². The molecule has 0 spiro atoms. The highest BCUT2D eigenvalue weighted by Gasteiger charge is 2.24. The van der Waals surface area contributed by atoms with Crippen LogP contribution in [0.1, 0.15) is 30.4 Å². The lowest BCUT2D eigenvalue weighted by atomic mass is 9.97. The zero-order chi connectivity index (χ0) is 10.7. The van der Waals surface area contributed by atoms with Gasteiger partial charge in [-0.2, -0.15) is 5.26 Å². The van der Waals surface area contributed by atoms with Gasteiger partial charge >= 0.3 is 0 Å². The number of nitrogens with zero attached hydrogens (tertiary/aromatic N) is 1. The number of nitriles is 1. The second-order valence-electron chi connectivity index (χ2n) is 4.07. The second-order valence-corrected chi connectivity index (χ2v) is 4.07. The summed E-state index contributed by atoms with van der Waals surface area (Å²) in [7, 11) is 0. The molecule has 0 heterocycles. The fourth-order valence-corrected chi connectivity index (χ4v) is 2.10. The molecule has 1 aromatic carbocycles. The predicted molar refractivity (Wildman–Crippen MR) is 57.2 cm³/mol. The lowest BCUT2D eigenvalue weighted by molar-refractivity contribution is -0.120. The van der Waals surface area contributed by atoms with Crippen LogP contribution >= 0.6 is 0 Å². The average Bonchev–Trinajstić information content (AvgIpc) is 2.66. The molecule has 2 nitrogen and oxygen atoms in total. The van der Waals surface area contributed by atoms with E-state index >= 15 is 0 Å². The average molecular weight is 199 g/mol. The van der Waals surface area contributed by atoms with Gasteiger partial charge in [0.15, 0.2) is 0 Å². The van der Waals surface area contributed by atoms with Crippen molar-refractivity contribution in [2.75, 3.05) is 0 Å². The molecule has 0 bridgehead atoms. The summed E-state index contributed by atoms with van der Waals surface area (Å²) in [6.45, 7) is 0. The van der Waals surface area contributed by atoms with Crippen LogP contribution in [0, 0.1) is 17.2 Å². The quantitative estimate of drug-likeness (QED) is 0.734. The van der Waals surface area contributed by atoms with Crippen molar-refractivity contribution in [3.05, 3.63) is 35.4 Å². The van der Waals surface area contributed by atoms with Crippen LogP contribution in [0.25, 0.3) is 0 Å². The number of rotatable bonds is 2. The Labute approximate surface area is 89.5 Å². The summed E-state index contributed by atoms with van der Waals surface area (Å²) in [4.78, 5) is 11.4. The van der Waals surface area contributed by atoms with E-state index in [0.29, 0.717) is 11.3 Å². The Morgan fingerprint density at radius 3 is 2.60 bits per heavy atom. The summed E-state index contributed by atoms with van der Waals surface area (Å²) in [5, 5.41) is 8.65. The zero-order valence-electron chi connectivity index (χ0n) is 8.57. The number of Topliss-reactive ketones (excluding diaryl/α,β-unsaturated/α-hetero) is 1. The van der Waals surface area contributed by atoms with Gasteiger partial charge < -0.3 is 0 Å². The van der Waals surface area contributed by atoms with Crippen LogP contribution in [-0.2, 0) is 11.2 Å². The second kappa shape index (κ2) is 4.27. The Bertz CT molecular complexity index is 400. The van der Waals surface area contributed by atoms with E-state index in [9.17, 15) is 4.79 Å². The van der Waals surface area contributed by atoms with Crippen LogP contribution in [0.3, 0.4) is 0 Å². The maximum absolute atomic E-state index is 11.4. The first kappa shape index (κ1) is 9.92. The lowest BCUT2D eigenvalue weighted by Crippen LogP contribution is -2.09. The summed E-state index contributed by atoms with van der Waals surface area (Å²) in [5.74, 6) is 0.622. The van der Waals surface area contributed by atoms with Crippen molar-refractivity contribution in [1.82, 2.24) is 0 Å². The SMILES string of the molecule is N#Cc1ccc(CC2CCCC2=O)cc1. The Hall–Kier alpha value is -1.62. The van der Waals surface area contributed by atoms with E-state index in [2.05, 4.69) is 6.07 Å². The van der Waals surface area contributed by atoms with E-state index in [4.69, 9.17) is 5.26 Å². The molecule has 2 rings (SSSR count). The minimum atomic E-state index is 0.220. The monoisotopic (exact) mass is 199 g/mol. The van der Waals surface area contributed by atoms with Crippen LogP contribution in [0.5, 0.6) is 0 Å². The summed E-state index contributed by atoms with van der Waals surface area (Å²) >= 11 is 0. The molecule has 76 valence electrons. The number of hydrogen-bond acceptors (Lipinski definition) is 2. The van der Waals surface area contributed by atoms with Gasteiger partial charge in [0.05, 0.1) is 11.6 Å². The van der Waals surface area contributed by atoms with Gasteiger partial charge in [-0.1, -0.05) is 12.1 Å². The fourth-order valence-electron chi connectivity index (χ4n) is 2.10. The number of ketones is 1. The molecule has 2 heteroatoms. The van der Waals surface area contributed by atoms with Gasteiger partial charge in [0.25, 0.3) is 0 Å². The third kappa shape index (κ3) is 2.24. The van der Waals surface area contributed by atoms with Crippen molar-refractivity contribution in [2.45, 2.75) is 25.7 Å². The Kier molecular flexibility index (Phi) is 2.82. The summed E-state index contributed by atoms with van der Waals surface area (Å²) < 4.78 is 0. The normalized spacial score (nSPS) is 20.2. The largest absolute Gasteiger partial charge is 0.299 e. The molecular formula is C13H13NO. The van der Waals surface area contributed by atoms with Gasteiger partial charge in [-0.25, -0.2) is 0 Å². The van der Waals surface area contributed by atoms with Crippen LogP contribution in [-0.4, -0.2) is 5.78 Å². The molecular weight excluding hydrogens is 186 g/mol. The molecule has 0 N–H and O–H groups in total. The predicted octanol–water partition coefficient (Wildman–Crippen LogP) is 2.47. The van der Waals surface area contributed by atoms with E-state index in [0.717, 1.165) is 31.2 Å². The maximum Gasteiger partial charge on any atom is 0.136 e. The molecule has 0 radical (unpaired) electrons. The number of carbonyl (C=O) groups is 1. The maximum atomic E-state index is 11.4. The third-order valence-corrected chi connectivity index (χ3v) is 3.00. The van der Waals surface area contributed by atoms with Crippen LogP contribution < -0.4 is 0 Å². The third-order valence-electron chi connectivity index (χ3n) is 3.00. The molecule has 0 aromatic heterocycles. The minimum absolute atomic E-state index is 0.220. The van der Waals surface area contributed by atoms with Gasteiger partial charge in [0, 0.05) is 12.3 Å². The highest BCUT2D eigenvalue weighted by atomic mass is 16.1. The van der Waals surface area contributed by atoms with Gasteiger partial charge in [-0.3, -0.25) is 4.79 Å². The molecule has 1 saturated carbocycles. The first-order chi connectivity index (χ1) is 7.29. The summed E-state index contributed by atoms with van der Waals surface area (Å²) in [6.07, 6.45) is 3.66. The van der Waals surface area contributed by atoms with Gasteiger partial charge in [0.2, 0.25) is 0 Å². The highest BCUT2D eigenvalue weighted by molar-refractivity contribution is 5.83. The topological polar surface area (TPSA) is 40.9 Å². The Morgan fingerprint density at radius 1 is 1.33 bits per heavy atom. The van der Waals surface area contributed by atoms with Crippen molar-refractivity contribution in [3.8, 4) is 6.07 Å². The van der Waals surface area contributed by atoms with Crippen LogP contribution in [0.4, 0.5) is 0 Å². The van der Waals surface area contributed by atoms with Gasteiger partial charge in [-0.15, -0.1) is 0 Å². The molecule has 0 saturated heterocycles. The van der Waals surface area contributed by atoms with Crippen molar-refractivity contribution in [2.24, 2.45) is 5.92 Å². The van der Waals surface area contributed by atoms with Crippen molar-refractivity contribution in [1.29, 1.82) is 5.26 Å². The van der Waals surface area contributed by atoms with Gasteiger partial charge in [0.1, 0.15) is 5.78 Å². The Morgan fingerprint density at radius 2 is 2.07 bits per heavy atom. The molecule has 1 unspecified atom stereocenters. The van der Waals surface area contributed by atoms with Crippen LogP contribution in [0.2, 0.25) is 0 Å². The van der Waals surface area contributed by atoms with E-state index in [1.165, 1.54) is 0 Å². The first-order valence-electron chi connectivity index (χ1n) is 5.31. The van der Waals surface area contributed by atoms with Crippen molar-refractivity contribution < 1.29 is 4.79 Å². The molecule has 1 atom stereocenters. The molecule has 15 heavy (non-hydrogen) atoms. The molecule has 1 fully saturated rings. The minimum Gasteiger partial charge on any atom is -0.299 e. The van der Waals surface area contributed by atoms with Gasteiger partial charge in [-0.05, 0) is 37.0 Å². The zero-order valence-corrected chi connectivity index (χ0v) is 8.57. The smallest absolute Gasteiger partial charge is 0.136 e. The number of hydrogen-bond donors (Lipinski definition) is 0. The molecule has 1 aromatic rings. The molecule has 1 aliphatic rings. The summed E-state index contributed by atoms with van der Waals surface area (Å²) in [6, 6.07) is 9.62. The lowest BCUT2D eigenvalue weighted by Gasteiger charge is -2.07. The first-order valence-corrected chi connectivity index (χ1v) is 5.31. The molecule has 0 amide bonds. The van der Waals surface area contributed by atoms with Crippen LogP contribution in [0.15, 0.2) is 24.3 Å². The Balaban J connectivity index is 2.05.